The van der Waals surface area contributed by atoms with E-state index in [1.165, 1.54) is 0 Å². The fourth-order valence-corrected chi connectivity index (χ4v) is 3.00. The second kappa shape index (κ2) is 7.09. The predicted octanol–water partition coefficient (Wildman–Crippen LogP) is 3.23. The highest BCUT2D eigenvalue weighted by Crippen LogP contribution is 2.26. The van der Waals surface area contributed by atoms with Crippen LogP contribution in [-0.2, 0) is 6.54 Å². The molecule has 5 nitrogen and oxygen atoms in total. The smallest absolute Gasteiger partial charge is 0.274 e. The largest absolute Gasteiger partial charge is 0.478 e. The van der Waals surface area contributed by atoms with Crippen LogP contribution in [0.15, 0.2) is 36.4 Å². The Bertz CT molecular complexity index is 751. The van der Waals surface area contributed by atoms with Gasteiger partial charge in [-0.25, -0.2) is 4.98 Å². The summed E-state index contributed by atoms with van der Waals surface area (Å²) in [5, 5.41) is 0.342. The van der Waals surface area contributed by atoms with Crippen molar-refractivity contribution in [2.24, 2.45) is 0 Å². The van der Waals surface area contributed by atoms with Gasteiger partial charge in [-0.3, -0.25) is 4.79 Å². The molecule has 0 spiro atoms. The van der Waals surface area contributed by atoms with Gasteiger partial charge in [0.15, 0.2) is 5.69 Å². The van der Waals surface area contributed by atoms with E-state index >= 15 is 0 Å². The third kappa shape index (κ3) is 3.31. The van der Waals surface area contributed by atoms with Crippen molar-refractivity contribution in [2.45, 2.75) is 13.5 Å². The molecule has 24 heavy (non-hydrogen) atoms. The lowest BCUT2D eigenvalue weighted by Gasteiger charge is -2.21. The van der Waals surface area contributed by atoms with Crippen LogP contribution in [0.2, 0.25) is 5.02 Å². The molecular weight excluding hydrogens is 326 g/mol. The van der Waals surface area contributed by atoms with E-state index in [1.807, 2.05) is 32.2 Å². The predicted molar refractivity (Wildman–Crippen MR) is 94.9 cm³/mol. The molecule has 2 aromatic rings. The SMILES string of the molecule is CCOc1ccc(Cl)c(C(=O)N2CCN(C)c3ccccc3C2)n1. The standard InChI is InChI=1S/C18H20ClN3O2/c1-3-24-16-9-8-14(19)17(20-16)18(23)22-11-10-21(2)15-7-5-4-6-13(15)12-22/h4-9H,3,10-12H2,1-2H3. The van der Waals surface area contributed by atoms with Crippen LogP contribution in [0.4, 0.5) is 5.69 Å². The molecule has 6 heteroatoms. The molecule has 0 saturated carbocycles. The molecule has 0 saturated heterocycles. The number of nitrogens with zero attached hydrogens (tertiary/aromatic N) is 3. The number of pyridine rings is 1. The van der Waals surface area contributed by atoms with Crippen molar-refractivity contribution < 1.29 is 9.53 Å². The molecule has 1 aliphatic rings. The van der Waals surface area contributed by atoms with Crippen molar-refractivity contribution in [1.29, 1.82) is 0 Å². The van der Waals surface area contributed by atoms with E-state index in [4.69, 9.17) is 16.3 Å². The number of fused-ring (bicyclic) bond motifs is 1. The Balaban J connectivity index is 1.89. The van der Waals surface area contributed by atoms with Crippen LogP contribution in [0.5, 0.6) is 5.88 Å². The summed E-state index contributed by atoms with van der Waals surface area (Å²) in [5.41, 5.74) is 2.50. The Morgan fingerprint density at radius 1 is 1.25 bits per heavy atom. The normalized spacial score (nSPS) is 14.1. The fraction of sp³-hybridized carbons (Fsp3) is 0.333. The number of carbonyl (C=O) groups excluding carboxylic acids is 1. The van der Waals surface area contributed by atoms with Crippen molar-refractivity contribution in [3.05, 3.63) is 52.7 Å². The van der Waals surface area contributed by atoms with Gasteiger partial charge < -0.3 is 14.5 Å². The third-order valence-electron chi connectivity index (χ3n) is 4.07. The van der Waals surface area contributed by atoms with Gasteiger partial charge in [-0.2, -0.15) is 0 Å². The number of hydrogen-bond donors (Lipinski definition) is 0. The number of benzene rings is 1. The van der Waals surface area contributed by atoms with Gasteiger partial charge in [0.1, 0.15) is 0 Å². The van der Waals surface area contributed by atoms with Gasteiger partial charge in [0.25, 0.3) is 5.91 Å². The number of carbonyl (C=O) groups is 1. The summed E-state index contributed by atoms with van der Waals surface area (Å²) in [4.78, 5) is 21.2. The van der Waals surface area contributed by atoms with Gasteiger partial charge in [-0.1, -0.05) is 29.8 Å². The van der Waals surface area contributed by atoms with Crippen LogP contribution in [-0.4, -0.2) is 42.5 Å². The van der Waals surface area contributed by atoms with Crippen molar-refractivity contribution in [2.75, 3.05) is 31.6 Å². The van der Waals surface area contributed by atoms with Crippen LogP contribution >= 0.6 is 11.6 Å². The number of aromatic nitrogens is 1. The van der Waals surface area contributed by atoms with Gasteiger partial charge in [0.2, 0.25) is 5.88 Å². The average Bonchev–Trinajstić information content (AvgIpc) is 2.76. The van der Waals surface area contributed by atoms with Crippen LogP contribution in [0.25, 0.3) is 0 Å². The van der Waals surface area contributed by atoms with Crippen LogP contribution in [0, 0.1) is 0 Å². The Kier molecular flexibility index (Phi) is 4.90. The first-order chi connectivity index (χ1) is 11.6. The van der Waals surface area contributed by atoms with Crippen molar-refractivity contribution >= 4 is 23.2 Å². The quantitative estimate of drug-likeness (QED) is 0.856. The molecule has 2 heterocycles. The molecule has 1 aliphatic heterocycles. The number of rotatable bonds is 3. The highest BCUT2D eigenvalue weighted by molar-refractivity contribution is 6.33. The minimum absolute atomic E-state index is 0.174. The zero-order chi connectivity index (χ0) is 17.1. The van der Waals surface area contributed by atoms with E-state index in [-0.39, 0.29) is 11.6 Å². The molecule has 1 aromatic heterocycles. The molecule has 126 valence electrons. The third-order valence-corrected chi connectivity index (χ3v) is 4.38. The highest BCUT2D eigenvalue weighted by atomic mass is 35.5. The maximum Gasteiger partial charge on any atom is 0.274 e. The van der Waals surface area contributed by atoms with Gasteiger partial charge in [-0.05, 0) is 24.6 Å². The van der Waals surface area contributed by atoms with Crippen LogP contribution in [0.1, 0.15) is 23.0 Å². The molecule has 0 aliphatic carbocycles. The minimum Gasteiger partial charge on any atom is -0.478 e. The maximum atomic E-state index is 13.0. The summed E-state index contributed by atoms with van der Waals surface area (Å²) in [6.07, 6.45) is 0. The van der Waals surface area contributed by atoms with Crippen LogP contribution < -0.4 is 9.64 Å². The number of ether oxygens (including phenoxy) is 1. The monoisotopic (exact) mass is 345 g/mol. The number of amides is 1. The summed E-state index contributed by atoms with van der Waals surface area (Å²) < 4.78 is 5.39. The first-order valence-electron chi connectivity index (χ1n) is 7.97. The van der Waals surface area contributed by atoms with Crippen molar-refractivity contribution in [3.63, 3.8) is 0 Å². The molecule has 1 amide bonds. The lowest BCUT2D eigenvalue weighted by atomic mass is 10.1. The molecule has 0 fully saturated rings. The Morgan fingerprint density at radius 2 is 2.04 bits per heavy atom. The fourth-order valence-electron chi connectivity index (χ4n) is 2.82. The summed E-state index contributed by atoms with van der Waals surface area (Å²) in [5.74, 6) is 0.240. The molecule has 0 radical (unpaired) electrons. The van der Waals surface area contributed by atoms with Gasteiger partial charge >= 0.3 is 0 Å². The van der Waals surface area contributed by atoms with Crippen molar-refractivity contribution in [1.82, 2.24) is 9.88 Å². The molecular formula is C18H20ClN3O2. The first-order valence-corrected chi connectivity index (χ1v) is 8.35. The van der Waals surface area contributed by atoms with Gasteiger partial charge in [-0.15, -0.1) is 0 Å². The van der Waals surface area contributed by atoms with E-state index in [1.54, 1.807) is 17.0 Å². The lowest BCUT2D eigenvalue weighted by Crippen LogP contribution is -2.35. The lowest BCUT2D eigenvalue weighted by molar-refractivity contribution is 0.0745. The Hall–Kier alpha value is -2.27. The number of anilines is 1. The van der Waals surface area contributed by atoms with E-state index in [0.29, 0.717) is 30.6 Å². The van der Waals surface area contributed by atoms with Crippen LogP contribution in [0.3, 0.4) is 0 Å². The average molecular weight is 346 g/mol. The summed E-state index contributed by atoms with van der Waals surface area (Å²) >= 11 is 6.20. The molecule has 0 unspecified atom stereocenters. The van der Waals surface area contributed by atoms with Gasteiger partial charge in [0, 0.05) is 38.4 Å². The van der Waals surface area contributed by atoms with E-state index in [9.17, 15) is 4.79 Å². The minimum atomic E-state index is -0.174. The molecule has 0 N–H and O–H groups in total. The number of hydrogen-bond acceptors (Lipinski definition) is 4. The Labute approximate surface area is 146 Å². The van der Waals surface area contributed by atoms with E-state index < -0.39 is 0 Å². The summed E-state index contributed by atoms with van der Waals surface area (Å²) in [7, 11) is 2.04. The molecule has 0 atom stereocenters. The zero-order valence-corrected chi connectivity index (χ0v) is 14.6. The van der Waals surface area contributed by atoms with Gasteiger partial charge in [0.05, 0.1) is 11.6 Å². The number of likely N-dealkylation sites (N-methyl/N-ethyl adjacent to an activating group) is 1. The number of halogens is 1. The summed E-state index contributed by atoms with van der Waals surface area (Å²) in [6, 6.07) is 11.4. The molecule has 3 rings (SSSR count). The van der Waals surface area contributed by atoms with E-state index in [2.05, 4.69) is 16.0 Å². The summed E-state index contributed by atoms with van der Waals surface area (Å²) in [6.45, 7) is 4.27. The second-order valence-corrected chi connectivity index (χ2v) is 6.10. The highest BCUT2D eigenvalue weighted by Gasteiger charge is 2.25. The zero-order valence-electron chi connectivity index (χ0n) is 13.8. The molecule has 0 bridgehead atoms. The Morgan fingerprint density at radius 3 is 2.83 bits per heavy atom. The maximum absolute atomic E-state index is 13.0. The topological polar surface area (TPSA) is 45.7 Å². The van der Waals surface area contributed by atoms with Crippen molar-refractivity contribution in [3.8, 4) is 5.88 Å². The first kappa shape index (κ1) is 16.6. The second-order valence-electron chi connectivity index (χ2n) is 5.69. The van der Waals surface area contributed by atoms with E-state index in [0.717, 1.165) is 17.8 Å². The number of para-hydroxylation sites is 1. The molecule has 1 aromatic carbocycles.